The van der Waals surface area contributed by atoms with E-state index in [2.05, 4.69) is 15.7 Å². The molecule has 1 aliphatic carbocycles. The molecule has 1 aromatic rings. The van der Waals surface area contributed by atoms with E-state index in [0.717, 1.165) is 12.8 Å². The molecular weight excluding hydrogens is 248 g/mol. The quantitative estimate of drug-likeness (QED) is 0.726. The van der Waals surface area contributed by atoms with Gasteiger partial charge in [-0.3, -0.25) is 4.68 Å². The van der Waals surface area contributed by atoms with E-state index >= 15 is 0 Å². The first-order valence-electron chi connectivity index (χ1n) is 6.39. The van der Waals surface area contributed by atoms with Crippen LogP contribution in [0.1, 0.15) is 25.7 Å². The van der Waals surface area contributed by atoms with Gasteiger partial charge in [-0.2, -0.15) is 5.10 Å². The molecule has 2 amide bonds. The SMILES string of the molecule is O=C(NCCn1cccn1)NC1(C(=O)O)CCCC1. The molecule has 0 aromatic carbocycles. The summed E-state index contributed by atoms with van der Waals surface area (Å²) in [5.41, 5.74) is -1.09. The lowest BCUT2D eigenvalue weighted by molar-refractivity contribution is -0.144. The maximum atomic E-state index is 11.7. The Morgan fingerprint density at radius 3 is 2.68 bits per heavy atom. The van der Waals surface area contributed by atoms with Gasteiger partial charge in [0.15, 0.2) is 0 Å². The summed E-state index contributed by atoms with van der Waals surface area (Å²) in [6, 6.07) is 1.37. The van der Waals surface area contributed by atoms with E-state index in [1.54, 1.807) is 23.1 Å². The van der Waals surface area contributed by atoms with Crippen molar-refractivity contribution in [1.29, 1.82) is 0 Å². The fourth-order valence-corrected chi connectivity index (χ4v) is 2.35. The van der Waals surface area contributed by atoms with E-state index < -0.39 is 17.5 Å². The molecule has 1 saturated carbocycles. The van der Waals surface area contributed by atoms with E-state index in [9.17, 15) is 14.7 Å². The number of carbonyl (C=O) groups is 2. The predicted octanol–water partition coefficient (Wildman–Crippen LogP) is 0.580. The molecule has 1 heterocycles. The van der Waals surface area contributed by atoms with Crippen molar-refractivity contribution in [2.75, 3.05) is 6.54 Å². The van der Waals surface area contributed by atoms with Gasteiger partial charge in [-0.25, -0.2) is 9.59 Å². The molecular formula is C12H18N4O3. The highest BCUT2D eigenvalue weighted by Gasteiger charge is 2.42. The molecule has 1 fully saturated rings. The number of carboxylic acids is 1. The Labute approximate surface area is 111 Å². The fraction of sp³-hybridized carbons (Fsp3) is 0.583. The van der Waals surface area contributed by atoms with Crippen molar-refractivity contribution < 1.29 is 14.7 Å². The van der Waals surface area contributed by atoms with Crippen LogP contribution in [0, 0.1) is 0 Å². The number of aromatic nitrogens is 2. The maximum Gasteiger partial charge on any atom is 0.329 e. The average Bonchev–Trinajstić information content (AvgIpc) is 3.00. The second-order valence-electron chi connectivity index (χ2n) is 4.74. The molecule has 104 valence electrons. The van der Waals surface area contributed by atoms with Gasteiger partial charge >= 0.3 is 12.0 Å². The van der Waals surface area contributed by atoms with E-state index in [1.807, 2.05) is 0 Å². The van der Waals surface area contributed by atoms with Crippen molar-refractivity contribution in [2.45, 2.75) is 37.8 Å². The number of aliphatic carboxylic acids is 1. The van der Waals surface area contributed by atoms with Gasteiger partial charge in [0, 0.05) is 18.9 Å². The molecule has 0 spiro atoms. The van der Waals surface area contributed by atoms with Gasteiger partial charge in [0.1, 0.15) is 5.54 Å². The number of amides is 2. The van der Waals surface area contributed by atoms with Crippen LogP contribution >= 0.6 is 0 Å². The van der Waals surface area contributed by atoms with Crippen LogP contribution in [0.3, 0.4) is 0 Å². The number of carbonyl (C=O) groups excluding carboxylic acids is 1. The van der Waals surface area contributed by atoms with E-state index in [0.29, 0.717) is 25.9 Å². The number of nitrogens with one attached hydrogen (secondary N) is 2. The summed E-state index contributed by atoms with van der Waals surface area (Å²) >= 11 is 0. The number of carboxylic acid groups (broad SMARTS) is 1. The van der Waals surface area contributed by atoms with Crippen LogP contribution in [0.5, 0.6) is 0 Å². The highest BCUT2D eigenvalue weighted by Crippen LogP contribution is 2.29. The second kappa shape index (κ2) is 5.73. The number of rotatable bonds is 5. The lowest BCUT2D eigenvalue weighted by Crippen LogP contribution is -2.55. The standard InChI is InChI=1S/C12H18N4O3/c17-10(18)12(4-1-2-5-12)15-11(19)13-7-9-16-8-3-6-14-16/h3,6,8H,1-2,4-5,7,9H2,(H,17,18)(H2,13,15,19). The number of nitrogens with zero attached hydrogens (tertiary/aromatic N) is 2. The van der Waals surface area contributed by atoms with Crippen LogP contribution < -0.4 is 10.6 Å². The molecule has 3 N–H and O–H groups in total. The zero-order valence-corrected chi connectivity index (χ0v) is 10.6. The molecule has 0 saturated heterocycles. The molecule has 0 atom stereocenters. The molecule has 0 unspecified atom stereocenters. The van der Waals surface area contributed by atoms with Gasteiger partial charge in [-0.05, 0) is 18.9 Å². The fourth-order valence-electron chi connectivity index (χ4n) is 2.35. The first-order valence-corrected chi connectivity index (χ1v) is 6.39. The lowest BCUT2D eigenvalue weighted by Gasteiger charge is -2.25. The summed E-state index contributed by atoms with van der Waals surface area (Å²) in [7, 11) is 0. The predicted molar refractivity (Wildman–Crippen MR) is 67.6 cm³/mol. The maximum absolute atomic E-state index is 11.7. The lowest BCUT2D eigenvalue weighted by atomic mass is 9.98. The molecule has 7 nitrogen and oxygen atoms in total. The largest absolute Gasteiger partial charge is 0.480 e. The van der Waals surface area contributed by atoms with Crippen LogP contribution in [0.15, 0.2) is 18.5 Å². The molecule has 19 heavy (non-hydrogen) atoms. The van der Waals surface area contributed by atoms with E-state index in [4.69, 9.17) is 0 Å². The van der Waals surface area contributed by atoms with Crippen LogP contribution in [0.4, 0.5) is 4.79 Å². The molecule has 7 heteroatoms. The minimum atomic E-state index is -1.09. The third-order valence-corrected chi connectivity index (χ3v) is 3.40. The summed E-state index contributed by atoms with van der Waals surface area (Å²) in [6.45, 7) is 0.962. The van der Waals surface area contributed by atoms with Crippen molar-refractivity contribution >= 4 is 12.0 Å². The van der Waals surface area contributed by atoms with Gasteiger partial charge in [-0.15, -0.1) is 0 Å². The topological polar surface area (TPSA) is 96.3 Å². The number of hydrogen-bond donors (Lipinski definition) is 3. The van der Waals surface area contributed by atoms with Gasteiger partial charge in [0.25, 0.3) is 0 Å². The van der Waals surface area contributed by atoms with Crippen LogP contribution in [-0.2, 0) is 11.3 Å². The van der Waals surface area contributed by atoms with Gasteiger partial charge in [0.05, 0.1) is 6.54 Å². The molecule has 0 aliphatic heterocycles. The Bertz CT molecular complexity index is 438. The number of urea groups is 1. The normalized spacial score (nSPS) is 17.1. The molecule has 0 radical (unpaired) electrons. The summed E-state index contributed by atoms with van der Waals surface area (Å²) < 4.78 is 1.70. The number of hydrogen-bond acceptors (Lipinski definition) is 3. The Hall–Kier alpha value is -2.05. The Morgan fingerprint density at radius 2 is 2.11 bits per heavy atom. The van der Waals surface area contributed by atoms with Crippen molar-refractivity contribution in [3.05, 3.63) is 18.5 Å². The summed E-state index contributed by atoms with van der Waals surface area (Å²) in [5, 5.41) is 18.5. The van der Waals surface area contributed by atoms with Gasteiger partial charge in [0.2, 0.25) is 0 Å². The van der Waals surface area contributed by atoms with Crippen molar-refractivity contribution in [3.63, 3.8) is 0 Å². The minimum absolute atomic E-state index is 0.406. The second-order valence-corrected chi connectivity index (χ2v) is 4.74. The molecule has 0 bridgehead atoms. The van der Waals surface area contributed by atoms with Gasteiger partial charge < -0.3 is 15.7 Å². The first-order chi connectivity index (χ1) is 9.12. The summed E-state index contributed by atoms with van der Waals surface area (Å²) in [4.78, 5) is 23.0. The molecule has 1 aromatic heterocycles. The Kier molecular flexibility index (Phi) is 4.03. The van der Waals surface area contributed by atoms with E-state index in [-0.39, 0.29) is 0 Å². The third-order valence-electron chi connectivity index (χ3n) is 3.40. The smallest absolute Gasteiger partial charge is 0.329 e. The highest BCUT2D eigenvalue weighted by molar-refractivity contribution is 5.86. The zero-order chi connectivity index (χ0) is 13.7. The van der Waals surface area contributed by atoms with Crippen LogP contribution in [-0.4, -0.2) is 39.0 Å². The van der Waals surface area contributed by atoms with E-state index in [1.165, 1.54) is 0 Å². The molecule has 1 aliphatic rings. The van der Waals surface area contributed by atoms with Crippen molar-refractivity contribution in [2.24, 2.45) is 0 Å². The highest BCUT2D eigenvalue weighted by atomic mass is 16.4. The first kappa shape index (κ1) is 13.4. The Balaban J connectivity index is 1.78. The van der Waals surface area contributed by atoms with Crippen LogP contribution in [0.25, 0.3) is 0 Å². The summed E-state index contributed by atoms with van der Waals surface area (Å²) in [5.74, 6) is -0.952. The van der Waals surface area contributed by atoms with Crippen molar-refractivity contribution in [1.82, 2.24) is 20.4 Å². The Morgan fingerprint density at radius 1 is 1.37 bits per heavy atom. The van der Waals surface area contributed by atoms with Crippen molar-refractivity contribution in [3.8, 4) is 0 Å². The minimum Gasteiger partial charge on any atom is -0.480 e. The monoisotopic (exact) mass is 266 g/mol. The third kappa shape index (κ3) is 3.24. The average molecular weight is 266 g/mol. The van der Waals surface area contributed by atoms with Crippen LogP contribution in [0.2, 0.25) is 0 Å². The zero-order valence-electron chi connectivity index (χ0n) is 10.6. The van der Waals surface area contributed by atoms with Gasteiger partial charge in [-0.1, -0.05) is 12.8 Å². The molecule has 2 rings (SSSR count). The summed E-state index contributed by atoms with van der Waals surface area (Å²) in [6.07, 6.45) is 6.12.